The first-order chi connectivity index (χ1) is 15.5. The van der Waals surface area contributed by atoms with Crippen molar-refractivity contribution in [2.45, 2.75) is 33.2 Å². The van der Waals surface area contributed by atoms with Gasteiger partial charge >= 0.3 is 5.97 Å². The molecule has 0 unspecified atom stereocenters. The minimum Gasteiger partial charge on any atom is -0.490 e. The summed E-state index contributed by atoms with van der Waals surface area (Å²) in [5.74, 6) is 0.851. The molecule has 0 amide bonds. The minimum atomic E-state index is -0.376. The van der Waals surface area contributed by atoms with E-state index < -0.39 is 0 Å². The van der Waals surface area contributed by atoms with E-state index in [9.17, 15) is 9.59 Å². The van der Waals surface area contributed by atoms with Crippen LogP contribution in [-0.4, -0.2) is 23.8 Å². The van der Waals surface area contributed by atoms with Crippen LogP contribution in [0.5, 0.6) is 5.75 Å². The van der Waals surface area contributed by atoms with Gasteiger partial charge in [0.25, 0.3) is 0 Å². The number of fused-ring (bicyclic) bond motifs is 2. The molecule has 0 aliphatic carbocycles. The Labute approximate surface area is 187 Å². The van der Waals surface area contributed by atoms with E-state index in [1.807, 2.05) is 53.1 Å². The van der Waals surface area contributed by atoms with Crippen LogP contribution in [0, 0.1) is 6.92 Å². The number of para-hydroxylation sites is 2. The molecule has 0 N–H and O–H groups in total. The van der Waals surface area contributed by atoms with Crippen molar-refractivity contribution in [3.05, 3.63) is 88.1 Å². The van der Waals surface area contributed by atoms with Gasteiger partial charge in [0.05, 0.1) is 11.0 Å². The summed E-state index contributed by atoms with van der Waals surface area (Å²) in [5, 5.41) is 1.17. The highest BCUT2D eigenvalue weighted by atomic mass is 16.6. The van der Waals surface area contributed by atoms with E-state index >= 15 is 0 Å². The molecule has 5 heteroatoms. The molecule has 0 atom stereocenters. The van der Waals surface area contributed by atoms with Gasteiger partial charge in [-0.2, -0.15) is 0 Å². The molecule has 0 aliphatic rings. The summed E-state index contributed by atoms with van der Waals surface area (Å²) >= 11 is 0. The molecule has 0 fully saturated rings. The Kier molecular flexibility index (Phi) is 6.26. The Morgan fingerprint density at radius 3 is 2.12 bits per heavy atom. The van der Waals surface area contributed by atoms with Crippen LogP contribution in [0.2, 0.25) is 0 Å². The normalized spacial score (nSPS) is 11.2. The molecule has 0 spiro atoms. The number of esters is 1. The number of carbonyl (C=O) groups is 1. The highest BCUT2D eigenvalue weighted by molar-refractivity contribution is 5.94. The van der Waals surface area contributed by atoms with Crippen molar-refractivity contribution in [3.8, 4) is 5.75 Å². The number of benzene rings is 3. The molecule has 164 valence electrons. The number of carbonyl (C=O) groups excluding carboxylic acids is 1. The zero-order valence-electron chi connectivity index (χ0n) is 18.6. The summed E-state index contributed by atoms with van der Waals surface area (Å²) in [6.45, 7) is 6.84. The van der Waals surface area contributed by atoms with Crippen molar-refractivity contribution in [1.29, 1.82) is 0 Å². The second kappa shape index (κ2) is 9.27. The lowest BCUT2D eigenvalue weighted by Crippen LogP contribution is -2.20. The molecule has 0 bridgehead atoms. The third kappa shape index (κ3) is 4.37. The lowest BCUT2D eigenvalue weighted by Gasteiger charge is -2.15. The van der Waals surface area contributed by atoms with Gasteiger partial charge in [0.15, 0.2) is 5.43 Å². The van der Waals surface area contributed by atoms with E-state index in [1.165, 1.54) is 11.1 Å². The molecule has 5 nitrogen and oxygen atoms in total. The fraction of sp³-hybridized carbons (Fsp3) is 0.259. The van der Waals surface area contributed by atoms with Crippen molar-refractivity contribution in [3.63, 3.8) is 0 Å². The maximum atomic E-state index is 12.8. The van der Waals surface area contributed by atoms with Crippen LogP contribution < -0.4 is 10.2 Å². The number of pyridine rings is 1. The number of hydrogen-bond donors (Lipinski definition) is 0. The highest BCUT2D eigenvalue weighted by Crippen LogP contribution is 2.23. The van der Waals surface area contributed by atoms with Crippen LogP contribution in [0.15, 0.2) is 71.5 Å². The smallest absolute Gasteiger partial charge is 0.326 e. The first kappa shape index (κ1) is 21.6. The van der Waals surface area contributed by atoms with Gasteiger partial charge in [-0.15, -0.1) is 0 Å². The summed E-state index contributed by atoms with van der Waals surface area (Å²) in [6.07, 6.45) is 0. The number of ether oxygens (including phenoxy) is 2. The average Bonchev–Trinajstić information content (AvgIpc) is 2.79. The second-order valence-electron chi connectivity index (χ2n) is 8.19. The fourth-order valence-electron chi connectivity index (χ4n) is 4.12. The number of aryl methyl sites for hydroxylation is 1. The molecular weight excluding hydrogens is 402 g/mol. The summed E-state index contributed by atoms with van der Waals surface area (Å²) in [6, 6.07) is 20.7. The number of nitrogens with zero attached hydrogens (tertiary/aromatic N) is 1. The second-order valence-corrected chi connectivity index (χ2v) is 8.19. The molecule has 4 aromatic rings. The summed E-state index contributed by atoms with van der Waals surface area (Å²) in [4.78, 5) is 25.4. The Bertz CT molecular complexity index is 1280. The van der Waals surface area contributed by atoms with Crippen molar-refractivity contribution < 1.29 is 14.3 Å². The Morgan fingerprint density at radius 2 is 1.53 bits per heavy atom. The Morgan fingerprint density at radius 1 is 0.906 bits per heavy atom. The molecule has 1 heterocycles. The van der Waals surface area contributed by atoms with Crippen LogP contribution in [0.25, 0.3) is 21.8 Å². The predicted molar refractivity (Wildman–Crippen MR) is 127 cm³/mol. The van der Waals surface area contributed by atoms with Crippen molar-refractivity contribution in [2.75, 3.05) is 13.2 Å². The van der Waals surface area contributed by atoms with Crippen molar-refractivity contribution in [1.82, 2.24) is 4.57 Å². The number of rotatable bonds is 7. The third-order valence-corrected chi connectivity index (χ3v) is 5.64. The van der Waals surface area contributed by atoms with Crippen molar-refractivity contribution >= 4 is 27.8 Å². The summed E-state index contributed by atoms with van der Waals surface area (Å²) in [7, 11) is 0. The van der Waals surface area contributed by atoms with E-state index in [2.05, 4.69) is 26.8 Å². The summed E-state index contributed by atoms with van der Waals surface area (Å²) < 4.78 is 13.0. The third-order valence-electron chi connectivity index (χ3n) is 5.64. The molecule has 3 aromatic carbocycles. The predicted octanol–water partition coefficient (Wildman–Crippen LogP) is 5.21. The SMILES string of the molecule is Cc1cc(OCCOC(=O)Cn2c3ccccc3c(=O)c3ccccc32)ccc1C(C)C. The van der Waals surface area contributed by atoms with Crippen LogP contribution in [-0.2, 0) is 16.1 Å². The Balaban J connectivity index is 1.44. The first-order valence-electron chi connectivity index (χ1n) is 10.8. The molecule has 0 saturated heterocycles. The van der Waals surface area contributed by atoms with Crippen molar-refractivity contribution in [2.24, 2.45) is 0 Å². The quantitative estimate of drug-likeness (QED) is 0.230. The maximum absolute atomic E-state index is 12.8. The topological polar surface area (TPSA) is 57.5 Å². The monoisotopic (exact) mass is 429 g/mol. The van der Waals surface area contributed by atoms with E-state index in [0.717, 1.165) is 5.75 Å². The molecule has 1 aromatic heterocycles. The lowest BCUT2D eigenvalue weighted by molar-refractivity contribution is -0.144. The zero-order valence-corrected chi connectivity index (χ0v) is 18.6. The van der Waals surface area contributed by atoms with Gasteiger partial charge in [-0.05, 0) is 60.4 Å². The van der Waals surface area contributed by atoms with E-state index in [4.69, 9.17) is 9.47 Å². The number of hydrogen-bond acceptors (Lipinski definition) is 4. The van der Waals surface area contributed by atoms with E-state index in [1.54, 1.807) is 12.1 Å². The van der Waals surface area contributed by atoms with Gasteiger partial charge < -0.3 is 14.0 Å². The largest absolute Gasteiger partial charge is 0.490 e. The first-order valence-corrected chi connectivity index (χ1v) is 10.8. The maximum Gasteiger partial charge on any atom is 0.326 e. The van der Waals surface area contributed by atoms with Crippen LogP contribution in [0.3, 0.4) is 0 Å². The van der Waals surface area contributed by atoms with Gasteiger partial charge in [0.2, 0.25) is 0 Å². The fourth-order valence-corrected chi connectivity index (χ4v) is 4.12. The van der Waals surface area contributed by atoms with Gasteiger partial charge in [-0.3, -0.25) is 9.59 Å². The average molecular weight is 430 g/mol. The van der Waals surface area contributed by atoms with Gasteiger partial charge in [0.1, 0.15) is 25.5 Å². The molecule has 0 saturated carbocycles. The van der Waals surface area contributed by atoms with Crippen LogP contribution >= 0.6 is 0 Å². The van der Waals surface area contributed by atoms with E-state index in [0.29, 0.717) is 27.7 Å². The Hall–Kier alpha value is -3.60. The minimum absolute atomic E-state index is 0.0174. The van der Waals surface area contributed by atoms with Gasteiger partial charge in [-0.25, -0.2) is 0 Å². The lowest BCUT2D eigenvalue weighted by atomic mass is 9.98. The molecular formula is C27H27NO4. The molecule has 4 rings (SSSR count). The van der Waals surface area contributed by atoms with Crippen LogP contribution in [0.1, 0.15) is 30.9 Å². The molecule has 0 aliphatic heterocycles. The standard InChI is InChI=1S/C27H27NO4/c1-18(2)21-13-12-20(16-19(21)3)31-14-15-32-26(29)17-28-24-10-6-4-8-22(24)27(30)23-9-5-7-11-25(23)28/h4-13,16,18H,14-15,17H2,1-3H3. The van der Waals surface area contributed by atoms with Gasteiger partial charge in [-0.1, -0.05) is 44.2 Å². The molecule has 0 radical (unpaired) electrons. The number of aromatic nitrogens is 1. The highest BCUT2D eigenvalue weighted by Gasteiger charge is 2.13. The van der Waals surface area contributed by atoms with E-state index in [-0.39, 0.29) is 31.2 Å². The van der Waals surface area contributed by atoms with Gasteiger partial charge in [0, 0.05) is 10.8 Å². The zero-order chi connectivity index (χ0) is 22.7. The van der Waals surface area contributed by atoms with Crippen LogP contribution in [0.4, 0.5) is 0 Å². The molecule has 32 heavy (non-hydrogen) atoms. The summed E-state index contributed by atoms with van der Waals surface area (Å²) in [5.41, 5.74) is 3.87.